The van der Waals surface area contributed by atoms with Gasteiger partial charge in [-0.05, 0) is 190 Å². The first-order chi connectivity index (χ1) is 30.1. The second kappa shape index (κ2) is 20.0. The van der Waals surface area contributed by atoms with Gasteiger partial charge in [-0.3, -0.25) is 0 Å². The van der Waals surface area contributed by atoms with Gasteiger partial charge in [-0.25, -0.2) is 0 Å². The zero-order valence-corrected chi connectivity index (χ0v) is 48.1. The van der Waals surface area contributed by atoms with Gasteiger partial charge in [-0.15, -0.1) is 0 Å². The Kier molecular flexibility index (Phi) is 16.5. The van der Waals surface area contributed by atoms with Crippen molar-refractivity contribution in [3.8, 4) is 46.0 Å². The minimum atomic E-state index is -2.97. The molecule has 0 radical (unpaired) electrons. The molecular weight excluding hydrogens is 873 g/mol. The van der Waals surface area contributed by atoms with Crippen molar-refractivity contribution in [2.45, 2.75) is 211 Å². The molecule has 0 spiro atoms. The molecule has 0 amide bonds. The second-order valence-electron chi connectivity index (χ2n) is 25.4. The maximum atomic E-state index is 8.17. The van der Waals surface area contributed by atoms with Crippen LogP contribution in [0, 0.1) is 0 Å². The Morgan fingerprint density at radius 3 is 0.552 bits per heavy atom. The summed E-state index contributed by atoms with van der Waals surface area (Å²) in [6.07, 6.45) is 0. The fourth-order valence-electron chi connectivity index (χ4n) is 7.03. The molecule has 0 aromatic heterocycles. The van der Waals surface area contributed by atoms with Crippen LogP contribution < -0.4 is 58.6 Å². The van der Waals surface area contributed by atoms with Crippen LogP contribution in [0.25, 0.3) is 0 Å². The van der Waals surface area contributed by atoms with Crippen LogP contribution in [0.4, 0.5) is 0 Å². The van der Waals surface area contributed by atoms with E-state index < -0.39 is 62.9 Å². The van der Waals surface area contributed by atoms with E-state index in [0.717, 1.165) is 20.7 Å². The van der Waals surface area contributed by atoms with E-state index in [0.29, 0.717) is 46.0 Å². The topological polar surface area (TPSA) is 83.1 Å². The van der Waals surface area contributed by atoms with Gasteiger partial charge < -0.3 is 42.0 Å². The van der Waals surface area contributed by atoms with Crippen LogP contribution in [-0.4, -0.2) is 62.9 Å². The summed E-state index contributed by atoms with van der Waals surface area (Å²) < 4.78 is 62.0. The van der Waals surface area contributed by atoms with Crippen molar-refractivity contribution in [2.75, 3.05) is 0 Å². The molecule has 0 aliphatic rings. The lowest BCUT2D eigenvalue weighted by Gasteiger charge is -2.34. The maximum absolute atomic E-state index is 8.17. The summed E-state index contributed by atoms with van der Waals surface area (Å²) in [7, 11) is -5.93. The molecule has 0 saturated carbocycles. The Bertz CT molecular complexity index is 1960. The highest BCUT2D eigenvalue weighted by molar-refractivity contribution is 6.93. The van der Waals surface area contributed by atoms with Crippen LogP contribution >= 0.6 is 0 Å². The van der Waals surface area contributed by atoms with Crippen LogP contribution in [0.15, 0.2) is 72.8 Å². The minimum Gasteiger partial charge on any atom is -0.488 e. The summed E-state index contributed by atoms with van der Waals surface area (Å²) in [5.41, 5.74) is -4.02. The van der Waals surface area contributed by atoms with Crippen molar-refractivity contribution in [3.05, 3.63) is 72.8 Å². The lowest BCUT2D eigenvalue weighted by Crippen LogP contribution is -2.57. The summed E-state index contributed by atoms with van der Waals surface area (Å²) in [5.74, 6) is 5.49. The van der Waals surface area contributed by atoms with Gasteiger partial charge in [0.05, 0.1) is 0 Å². The Balaban J connectivity index is 2.25. The molecule has 0 unspecified atom stereocenters. The van der Waals surface area contributed by atoms with Crippen molar-refractivity contribution in [1.29, 1.82) is 0 Å². The van der Waals surface area contributed by atoms with Gasteiger partial charge in [0, 0.05) is 45.0 Å². The number of hydrogen-bond donors (Lipinski definition) is 0. The fourth-order valence-corrected chi connectivity index (χ4v) is 13.8. The molecule has 4 aromatic carbocycles. The Morgan fingerprint density at radius 1 is 0.239 bits per heavy atom. The molecule has 0 saturated heterocycles. The first kappa shape index (κ1) is 55.3. The van der Waals surface area contributed by atoms with Gasteiger partial charge in [0.1, 0.15) is 90.8 Å². The predicted octanol–water partition coefficient (Wildman–Crippen LogP) is 11.5. The Hall–Kier alpha value is -4.33. The number of hydrogen-bond acceptors (Lipinski definition) is 9. The standard InChI is InChI=1S/C56H86O9Si2/c1-49(2,3)57-37-25-29-45(41(33-37)61-53(13,14)15)66(46-30-26-38(58-50(4,5)6)34-42(46)62-54(16,17)18)65-67(47-31-27-39(59-51(7,8)9)35-43(47)63-55(19,20)21)48-32-28-40(60-52(10,11)12)36-44(48)64-56(22,23)24/h25-36,66-67H,1-24H3. The van der Waals surface area contributed by atoms with Crippen molar-refractivity contribution in [2.24, 2.45) is 0 Å². The zero-order chi connectivity index (χ0) is 50.9. The third kappa shape index (κ3) is 18.9. The van der Waals surface area contributed by atoms with Gasteiger partial charge in [0.2, 0.25) is 18.1 Å². The van der Waals surface area contributed by atoms with Crippen molar-refractivity contribution in [1.82, 2.24) is 0 Å². The van der Waals surface area contributed by atoms with E-state index >= 15 is 0 Å². The van der Waals surface area contributed by atoms with E-state index in [4.69, 9.17) is 42.0 Å². The van der Waals surface area contributed by atoms with Crippen LogP contribution in [0.1, 0.15) is 166 Å². The summed E-state index contributed by atoms with van der Waals surface area (Å²) in [6.45, 7) is 49.3. The Labute approximate surface area is 409 Å². The molecule has 0 atom stereocenters. The van der Waals surface area contributed by atoms with Gasteiger partial charge in [0.15, 0.2) is 0 Å². The summed E-state index contributed by atoms with van der Waals surface area (Å²) in [4.78, 5) is 0. The number of ether oxygens (including phenoxy) is 8. The highest BCUT2D eigenvalue weighted by Gasteiger charge is 2.37. The average Bonchev–Trinajstić information content (AvgIpc) is 3.05. The smallest absolute Gasteiger partial charge is 0.236 e. The molecule has 0 aliphatic carbocycles. The normalized spacial score (nSPS) is 13.4. The van der Waals surface area contributed by atoms with Crippen molar-refractivity contribution >= 4 is 38.8 Å². The molecule has 11 heteroatoms. The monoisotopic (exact) mass is 959 g/mol. The molecule has 0 aliphatic heterocycles. The number of rotatable bonds is 14. The third-order valence-electron chi connectivity index (χ3n) is 8.70. The van der Waals surface area contributed by atoms with Gasteiger partial charge in [-0.2, -0.15) is 0 Å². The van der Waals surface area contributed by atoms with Crippen molar-refractivity contribution in [3.63, 3.8) is 0 Å². The largest absolute Gasteiger partial charge is 0.488 e. The summed E-state index contributed by atoms with van der Waals surface area (Å²) in [6, 6.07) is 24.6. The number of benzene rings is 4. The zero-order valence-electron chi connectivity index (χ0n) is 45.8. The second-order valence-corrected chi connectivity index (χ2v) is 30.5. The molecule has 0 heterocycles. The van der Waals surface area contributed by atoms with Crippen LogP contribution in [0.5, 0.6) is 46.0 Å². The minimum absolute atomic E-state index is 0.443. The van der Waals surface area contributed by atoms with Gasteiger partial charge in [-0.1, -0.05) is 24.3 Å². The van der Waals surface area contributed by atoms with Crippen molar-refractivity contribution < 1.29 is 42.0 Å². The molecule has 0 bridgehead atoms. The van der Waals surface area contributed by atoms with Crippen LogP contribution in [0.3, 0.4) is 0 Å². The Morgan fingerprint density at radius 2 is 0.403 bits per heavy atom. The van der Waals surface area contributed by atoms with E-state index in [1.807, 2.05) is 132 Å². The molecule has 67 heavy (non-hydrogen) atoms. The molecule has 4 rings (SSSR count). The average molecular weight is 959 g/mol. The lowest BCUT2D eigenvalue weighted by atomic mass is 10.1. The molecule has 372 valence electrons. The first-order valence-electron chi connectivity index (χ1n) is 23.8. The highest BCUT2D eigenvalue weighted by atomic mass is 28.4. The lowest BCUT2D eigenvalue weighted by molar-refractivity contribution is 0.121. The maximum Gasteiger partial charge on any atom is 0.236 e. The molecular formula is C56H86O9Si2. The molecule has 4 aromatic rings. The van der Waals surface area contributed by atoms with Crippen LogP contribution in [-0.2, 0) is 4.12 Å². The molecule has 9 nitrogen and oxygen atoms in total. The summed E-state index contributed by atoms with van der Waals surface area (Å²) >= 11 is 0. The third-order valence-corrected chi connectivity index (χ3v) is 15.0. The predicted molar refractivity (Wildman–Crippen MR) is 283 cm³/mol. The molecule has 0 N–H and O–H groups in total. The van der Waals surface area contributed by atoms with E-state index in [1.54, 1.807) is 0 Å². The molecule has 0 fully saturated rings. The van der Waals surface area contributed by atoms with E-state index in [1.165, 1.54) is 0 Å². The van der Waals surface area contributed by atoms with E-state index in [-0.39, 0.29) is 0 Å². The summed E-state index contributed by atoms with van der Waals surface area (Å²) in [5, 5.41) is 3.70. The van der Waals surface area contributed by atoms with E-state index in [2.05, 4.69) is 107 Å². The fraction of sp³-hybridized carbons (Fsp3) is 0.571. The van der Waals surface area contributed by atoms with Crippen LogP contribution in [0.2, 0.25) is 0 Å². The SMILES string of the molecule is CC(C)(C)Oc1ccc([SiH](O[SiH](c2ccc(OC(C)(C)C)cc2OC(C)(C)C)c2ccc(OC(C)(C)C)cc2OC(C)(C)C)c2ccc(OC(C)(C)C)cc2OC(C)(C)C)c(OC(C)(C)C)c1. The van der Waals surface area contributed by atoms with E-state index in [9.17, 15) is 0 Å². The van der Waals surface area contributed by atoms with Gasteiger partial charge >= 0.3 is 0 Å². The van der Waals surface area contributed by atoms with Gasteiger partial charge in [0.25, 0.3) is 0 Å². The highest BCUT2D eigenvalue weighted by Crippen LogP contribution is 2.33. The first-order valence-corrected chi connectivity index (χ1v) is 27.1. The quantitative estimate of drug-likeness (QED) is 0.115.